The van der Waals surface area contributed by atoms with Gasteiger partial charge in [0.05, 0.1) is 11.3 Å². The van der Waals surface area contributed by atoms with E-state index in [0.29, 0.717) is 0 Å². The van der Waals surface area contributed by atoms with E-state index in [-0.39, 0.29) is 22.8 Å². The van der Waals surface area contributed by atoms with E-state index in [4.69, 9.17) is 16.2 Å². The molecule has 6 nitrogen and oxygen atoms in total. The Hall–Kier alpha value is -3.62. The number of ether oxygens (including phenoxy) is 1. The second-order valence-corrected chi connectivity index (χ2v) is 5.63. The SMILES string of the molecule is CC(N)=C(C(=O)OCC(=O)c1c(F)cccc1F)C(N)=Nc1cccc(F)c1. The van der Waals surface area contributed by atoms with E-state index in [1.165, 1.54) is 25.1 Å². The number of aliphatic imine (C=N–C) groups is 1. The summed E-state index contributed by atoms with van der Waals surface area (Å²) in [6.45, 7) is 0.392. The molecular weight excluding hydrogens is 375 g/mol. The van der Waals surface area contributed by atoms with E-state index in [2.05, 4.69) is 4.99 Å². The zero-order chi connectivity index (χ0) is 20.8. The molecule has 146 valence electrons. The lowest BCUT2D eigenvalue weighted by molar-refractivity contribution is -0.137. The number of carbonyl (C=O) groups is 2. The van der Waals surface area contributed by atoms with Crippen molar-refractivity contribution in [1.82, 2.24) is 0 Å². The maximum Gasteiger partial charge on any atom is 0.344 e. The van der Waals surface area contributed by atoms with Gasteiger partial charge in [-0.05, 0) is 37.3 Å². The zero-order valence-electron chi connectivity index (χ0n) is 14.7. The molecule has 2 aromatic rings. The van der Waals surface area contributed by atoms with E-state index in [0.717, 1.165) is 24.3 Å². The summed E-state index contributed by atoms with van der Waals surface area (Å²) in [5.74, 6) is -5.32. The maximum atomic E-state index is 13.6. The number of ketones is 1. The molecule has 2 rings (SSSR count). The van der Waals surface area contributed by atoms with E-state index in [1.54, 1.807) is 0 Å². The number of esters is 1. The molecule has 28 heavy (non-hydrogen) atoms. The van der Waals surface area contributed by atoms with Crippen molar-refractivity contribution >= 4 is 23.3 Å². The van der Waals surface area contributed by atoms with Crippen molar-refractivity contribution in [3.8, 4) is 0 Å². The molecule has 0 aliphatic carbocycles. The number of halogens is 3. The van der Waals surface area contributed by atoms with Gasteiger partial charge < -0.3 is 16.2 Å². The number of benzene rings is 2. The summed E-state index contributed by atoms with van der Waals surface area (Å²) in [4.78, 5) is 28.1. The minimum atomic E-state index is -1.12. The molecule has 0 spiro atoms. The molecule has 0 saturated carbocycles. The van der Waals surface area contributed by atoms with Gasteiger partial charge in [-0.2, -0.15) is 0 Å². The van der Waals surface area contributed by atoms with Crippen LogP contribution in [0.15, 0.2) is 58.7 Å². The normalized spacial score (nSPS) is 12.4. The van der Waals surface area contributed by atoms with Gasteiger partial charge in [-0.1, -0.05) is 12.1 Å². The molecule has 0 aliphatic rings. The third-order valence-corrected chi connectivity index (χ3v) is 3.49. The first-order chi connectivity index (χ1) is 13.2. The molecule has 9 heteroatoms. The lowest BCUT2D eigenvalue weighted by Crippen LogP contribution is -2.27. The molecule has 0 amide bonds. The van der Waals surface area contributed by atoms with Gasteiger partial charge in [0.1, 0.15) is 28.9 Å². The number of Topliss-reactive ketones (excluding diaryl/α,β-unsaturated/α-hetero) is 1. The van der Waals surface area contributed by atoms with Crippen molar-refractivity contribution in [1.29, 1.82) is 0 Å². The Morgan fingerprint density at radius 1 is 1.04 bits per heavy atom. The second-order valence-electron chi connectivity index (χ2n) is 5.63. The van der Waals surface area contributed by atoms with Gasteiger partial charge >= 0.3 is 5.97 Å². The van der Waals surface area contributed by atoms with Crippen LogP contribution in [0.4, 0.5) is 18.9 Å². The lowest BCUT2D eigenvalue weighted by atomic mass is 10.1. The number of rotatable bonds is 6. The Morgan fingerprint density at radius 2 is 1.64 bits per heavy atom. The zero-order valence-corrected chi connectivity index (χ0v) is 14.7. The molecule has 0 fully saturated rings. The summed E-state index contributed by atoms with van der Waals surface area (Å²) in [7, 11) is 0. The second kappa shape index (κ2) is 8.85. The van der Waals surface area contributed by atoms with Crippen LogP contribution in [0.1, 0.15) is 17.3 Å². The van der Waals surface area contributed by atoms with Gasteiger partial charge in [0.2, 0.25) is 5.78 Å². The number of amidine groups is 1. The number of hydrogen-bond acceptors (Lipinski definition) is 5. The Labute approximate surface area is 158 Å². The number of nitrogens with zero attached hydrogens (tertiary/aromatic N) is 1. The maximum absolute atomic E-state index is 13.6. The Balaban J connectivity index is 2.18. The molecule has 0 bridgehead atoms. The molecular formula is C19H16F3N3O3. The lowest BCUT2D eigenvalue weighted by Gasteiger charge is -2.10. The largest absolute Gasteiger partial charge is 0.454 e. The van der Waals surface area contributed by atoms with Gasteiger partial charge in [0, 0.05) is 5.70 Å². The Kier molecular flexibility index (Phi) is 6.54. The van der Waals surface area contributed by atoms with Crippen LogP contribution in [0.2, 0.25) is 0 Å². The monoisotopic (exact) mass is 391 g/mol. The fourth-order valence-electron chi connectivity index (χ4n) is 2.25. The molecule has 4 N–H and O–H groups in total. The Morgan fingerprint density at radius 3 is 2.21 bits per heavy atom. The summed E-state index contributed by atoms with van der Waals surface area (Å²) in [6.07, 6.45) is 0. The van der Waals surface area contributed by atoms with E-state index in [1.807, 2.05) is 0 Å². The highest BCUT2D eigenvalue weighted by Crippen LogP contribution is 2.16. The molecule has 0 radical (unpaired) electrons. The average molecular weight is 391 g/mol. The van der Waals surface area contributed by atoms with E-state index in [9.17, 15) is 22.8 Å². The standard InChI is InChI=1S/C19H16F3N3O3/c1-10(23)16(18(24)25-12-5-2-4-11(20)8-12)19(27)28-9-15(26)17-13(21)6-3-7-14(17)22/h2-8H,9,23H2,1H3,(H2,24,25). The van der Waals surface area contributed by atoms with E-state index >= 15 is 0 Å². The number of nitrogens with two attached hydrogens (primary N) is 2. The summed E-state index contributed by atoms with van der Waals surface area (Å²) >= 11 is 0. The van der Waals surface area contributed by atoms with Gasteiger partial charge in [-0.3, -0.25) is 4.79 Å². The van der Waals surface area contributed by atoms with Crippen LogP contribution >= 0.6 is 0 Å². The van der Waals surface area contributed by atoms with Gasteiger partial charge in [-0.15, -0.1) is 0 Å². The summed E-state index contributed by atoms with van der Waals surface area (Å²) in [6, 6.07) is 7.99. The topological polar surface area (TPSA) is 108 Å². The van der Waals surface area contributed by atoms with Crippen molar-refractivity contribution in [2.24, 2.45) is 16.5 Å². The first-order valence-electron chi connectivity index (χ1n) is 7.91. The van der Waals surface area contributed by atoms with Gasteiger partial charge in [0.25, 0.3) is 0 Å². The van der Waals surface area contributed by atoms with Crippen molar-refractivity contribution < 1.29 is 27.5 Å². The van der Waals surface area contributed by atoms with Gasteiger partial charge in [-0.25, -0.2) is 23.0 Å². The van der Waals surface area contributed by atoms with Crippen molar-refractivity contribution in [2.75, 3.05) is 6.61 Å². The summed E-state index contributed by atoms with van der Waals surface area (Å²) < 4.78 is 45.2. The van der Waals surface area contributed by atoms with Gasteiger partial charge in [0.15, 0.2) is 6.61 Å². The summed E-state index contributed by atoms with van der Waals surface area (Å²) in [5, 5.41) is 0. The molecule has 0 unspecified atom stereocenters. The predicted octanol–water partition coefficient (Wildman–Crippen LogP) is 2.75. The molecule has 2 aromatic carbocycles. The predicted molar refractivity (Wildman–Crippen MR) is 96.2 cm³/mol. The molecule has 0 heterocycles. The van der Waals surface area contributed by atoms with Crippen molar-refractivity contribution in [3.63, 3.8) is 0 Å². The summed E-state index contributed by atoms with van der Waals surface area (Å²) in [5.41, 5.74) is 10.2. The van der Waals surface area contributed by atoms with Crippen LogP contribution in [0, 0.1) is 17.5 Å². The highest BCUT2D eigenvalue weighted by molar-refractivity contribution is 6.19. The molecule has 0 saturated heterocycles. The fourth-order valence-corrected chi connectivity index (χ4v) is 2.25. The average Bonchev–Trinajstić information content (AvgIpc) is 2.59. The third-order valence-electron chi connectivity index (χ3n) is 3.49. The number of hydrogen-bond donors (Lipinski definition) is 2. The first kappa shape index (κ1) is 20.7. The van der Waals surface area contributed by atoms with Crippen LogP contribution in [0.3, 0.4) is 0 Å². The van der Waals surface area contributed by atoms with E-state index < -0.39 is 41.4 Å². The van der Waals surface area contributed by atoms with Crippen LogP contribution < -0.4 is 11.5 Å². The van der Waals surface area contributed by atoms with Crippen molar-refractivity contribution in [2.45, 2.75) is 6.92 Å². The minimum absolute atomic E-state index is 0.0767. The minimum Gasteiger partial charge on any atom is -0.454 e. The van der Waals surface area contributed by atoms with Crippen LogP contribution in [-0.4, -0.2) is 24.2 Å². The quantitative estimate of drug-likeness (QED) is 0.259. The Bertz CT molecular complexity index is 963. The molecule has 0 aliphatic heterocycles. The number of allylic oxidation sites excluding steroid dienone is 1. The first-order valence-corrected chi connectivity index (χ1v) is 7.91. The third kappa shape index (κ3) is 4.97. The van der Waals surface area contributed by atoms with Crippen molar-refractivity contribution in [3.05, 3.63) is 76.7 Å². The highest BCUT2D eigenvalue weighted by Gasteiger charge is 2.22. The molecule has 0 aromatic heterocycles. The molecule has 0 atom stereocenters. The fraction of sp³-hybridized carbons (Fsp3) is 0.105. The smallest absolute Gasteiger partial charge is 0.344 e. The number of carbonyl (C=O) groups excluding carboxylic acids is 2. The highest BCUT2D eigenvalue weighted by atomic mass is 19.1. The van der Waals surface area contributed by atoms with Crippen LogP contribution in [0.25, 0.3) is 0 Å². The van der Waals surface area contributed by atoms with Crippen LogP contribution in [0.5, 0.6) is 0 Å². The van der Waals surface area contributed by atoms with Crippen LogP contribution in [-0.2, 0) is 9.53 Å².